The zero-order chi connectivity index (χ0) is 5.11. The van der Waals surface area contributed by atoms with Crippen molar-refractivity contribution < 1.29 is 4.39 Å². The summed E-state index contributed by atoms with van der Waals surface area (Å²) in [6.07, 6.45) is 0. The van der Waals surface area contributed by atoms with Gasteiger partial charge in [-0.25, -0.2) is 0 Å². The van der Waals surface area contributed by atoms with Crippen molar-refractivity contribution >= 4 is 25.8 Å². The Morgan fingerprint density at radius 3 is 2.38 bits per heavy atom. The number of hydrogen-bond donors (Lipinski definition) is 0. The van der Waals surface area contributed by atoms with Crippen molar-refractivity contribution in [2.45, 2.75) is 0 Å². The van der Waals surface area contributed by atoms with Gasteiger partial charge in [0.1, 0.15) is 0 Å². The maximum absolute atomic E-state index is 11.9. The normalized spacial score (nSPS) is 7.12. The molecule has 0 radical (unpaired) electrons. The van der Waals surface area contributed by atoms with Crippen LogP contribution in [0.5, 0.6) is 0 Å². The molecule has 0 fully saturated rings. The summed E-state index contributed by atoms with van der Waals surface area (Å²) in [5, 5.41) is 0. The summed E-state index contributed by atoms with van der Waals surface area (Å²) in [5.74, 6) is 1.66. The molecule has 0 atom stereocenters. The molecular formula is C5H5BFLi. The first-order valence-corrected chi connectivity index (χ1v) is 2.10. The molecule has 3 heteroatoms. The van der Waals surface area contributed by atoms with Crippen molar-refractivity contribution in [2.75, 3.05) is 0 Å². The Morgan fingerprint density at radius 1 is 1.38 bits per heavy atom. The van der Waals surface area contributed by atoms with Crippen LogP contribution in [0.4, 0.5) is 4.39 Å². The molecule has 0 saturated heterocycles. The van der Waals surface area contributed by atoms with Gasteiger partial charge >= 0.3 is 60.0 Å². The van der Waals surface area contributed by atoms with Crippen molar-refractivity contribution in [3.63, 3.8) is 0 Å². The molecule has 1 heterocycles. The molecule has 0 amide bonds. The molecule has 0 spiro atoms. The fourth-order valence-electron chi connectivity index (χ4n) is 0.415. The van der Waals surface area contributed by atoms with E-state index in [1.54, 1.807) is 18.1 Å². The standard InChI is InChI=1S/C5H4BF.Li.H/c7-5-3-1-2-4-6-5;;/h1-4H;;. The predicted molar refractivity (Wildman–Crippen MR) is 34.9 cm³/mol. The van der Waals surface area contributed by atoms with Gasteiger partial charge < -0.3 is 0 Å². The second-order valence-corrected chi connectivity index (χ2v) is 1.30. The molecule has 1 rings (SSSR count). The molecule has 0 saturated carbocycles. The Kier molecular flexibility index (Phi) is 3.86. The summed E-state index contributed by atoms with van der Waals surface area (Å²) in [6.45, 7) is 1.42. The van der Waals surface area contributed by atoms with E-state index >= 15 is 0 Å². The van der Waals surface area contributed by atoms with E-state index in [1.165, 1.54) is 13.0 Å². The van der Waals surface area contributed by atoms with Gasteiger partial charge in [-0.15, -0.1) is 0 Å². The van der Waals surface area contributed by atoms with Crippen LogP contribution in [0.15, 0.2) is 24.2 Å². The molecule has 0 N–H and O–H groups in total. The van der Waals surface area contributed by atoms with E-state index in [-0.39, 0.29) is 24.6 Å². The van der Waals surface area contributed by atoms with Gasteiger partial charge in [0.2, 0.25) is 0 Å². The zero-order valence-corrected chi connectivity index (χ0v) is 3.76. The van der Waals surface area contributed by atoms with Crippen LogP contribution in [0.2, 0.25) is 0 Å². The van der Waals surface area contributed by atoms with Crippen LogP contribution >= 0.6 is 0 Å². The van der Waals surface area contributed by atoms with Gasteiger partial charge in [-0.2, -0.15) is 0 Å². The predicted octanol–water partition coefficient (Wildman–Crippen LogP) is 0.515. The third kappa shape index (κ3) is 2.30. The Balaban J connectivity index is 0.000000490. The van der Waals surface area contributed by atoms with E-state index in [0.29, 0.717) is 0 Å². The van der Waals surface area contributed by atoms with E-state index in [0.717, 1.165) is 0 Å². The minimum atomic E-state index is -0.178. The summed E-state index contributed by atoms with van der Waals surface area (Å²) in [7, 11) is 0. The average Bonchev–Trinajstić information content (AvgIpc) is 1.69. The van der Waals surface area contributed by atoms with Gasteiger partial charge in [0, 0.05) is 0 Å². The first-order chi connectivity index (χ1) is 3.39. The van der Waals surface area contributed by atoms with Gasteiger partial charge in [0.15, 0.2) is 0 Å². The maximum atomic E-state index is 11.9. The first kappa shape index (κ1) is 7.94. The van der Waals surface area contributed by atoms with Gasteiger partial charge in [-0.3, -0.25) is 0 Å². The number of rotatable bonds is 0. The molecule has 1 aromatic heterocycles. The summed E-state index contributed by atoms with van der Waals surface area (Å²) in [5.41, 5.74) is -0.178. The van der Waals surface area contributed by atoms with Crippen LogP contribution in [-0.2, 0) is 0 Å². The second-order valence-electron chi connectivity index (χ2n) is 1.30. The fourth-order valence-corrected chi connectivity index (χ4v) is 0.415. The molecule has 36 valence electrons. The Bertz CT molecular complexity index is 142. The second kappa shape index (κ2) is 3.89. The van der Waals surface area contributed by atoms with Crippen molar-refractivity contribution in [3.05, 3.63) is 29.9 Å². The average molecular weight is 102 g/mol. The summed E-state index contributed by atoms with van der Waals surface area (Å²) in [4.78, 5) is 0. The molecule has 0 unspecified atom stereocenters. The molecule has 0 aromatic carbocycles. The van der Waals surface area contributed by atoms with Crippen LogP contribution in [0.1, 0.15) is 0 Å². The monoisotopic (exact) mass is 102 g/mol. The van der Waals surface area contributed by atoms with Gasteiger partial charge in [-0.05, 0) is 0 Å². The number of hydrogen-bond acceptors (Lipinski definition) is 0. The Labute approximate surface area is 60.5 Å². The first-order valence-electron chi connectivity index (χ1n) is 2.10. The van der Waals surface area contributed by atoms with E-state index in [2.05, 4.69) is 0 Å². The van der Waals surface area contributed by atoms with Crippen molar-refractivity contribution in [1.29, 1.82) is 0 Å². The molecule has 0 aliphatic carbocycles. The van der Waals surface area contributed by atoms with Crippen LogP contribution in [0.3, 0.4) is 0 Å². The summed E-state index contributed by atoms with van der Waals surface area (Å²) < 4.78 is 11.9. The van der Waals surface area contributed by atoms with Gasteiger partial charge in [0.25, 0.3) is 0 Å². The van der Waals surface area contributed by atoms with Gasteiger partial charge in [-0.1, -0.05) is 0 Å². The van der Waals surface area contributed by atoms with E-state index in [1.807, 2.05) is 0 Å². The van der Waals surface area contributed by atoms with E-state index < -0.39 is 0 Å². The Hall–Kier alpha value is -0.0577. The quantitative estimate of drug-likeness (QED) is 0.418. The molecule has 0 nitrogen and oxygen atoms in total. The summed E-state index contributed by atoms with van der Waals surface area (Å²) in [6, 6.07) is 4.86. The molecule has 1 aromatic rings. The van der Waals surface area contributed by atoms with Crippen molar-refractivity contribution in [3.8, 4) is 0 Å². The van der Waals surface area contributed by atoms with Crippen LogP contribution < -0.4 is 0 Å². The van der Waals surface area contributed by atoms with Crippen molar-refractivity contribution in [1.82, 2.24) is 0 Å². The van der Waals surface area contributed by atoms with Crippen LogP contribution in [-0.4, -0.2) is 25.8 Å². The molecule has 0 aliphatic heterocycles. The third-order valence-electron chi connectivity index (χ3n) is 0.733. The zero-order valence-electron chi connectivity index (χ0n) is 3.76. The van der Waals surface area contributed by atoms with Crippen LogP contribution in [0.25, 0.3) is 0 Å². The van der Waals surface area contributed by atoms with Crippen molar-refractivity contribution in [2.24, 2.45) is 0 Å². The third-order valence-corrected chi connectivity index (χ3v) is 0.733. The molecule has 0 bridgehead atoms. The fraction of sp³-hybridized carbons (Fsp3) is 0. The van der Waals surface area contributed by atoms with Gasteiger partial charge in [0.05, 0.1) is 0 Å². The molecule has 0 aliphatic rings. The molecule has 8 heavy (non-hydrogen) atoms. The molecular weight excluding hydrogens is 96.8 g/mol. The minimum absolute atomic E-state index is 0. The van der Waals surface area contributed by atoms with E-state index in [9.17, 15) is 4.39 Å². The number of halogens is 1. The summed E-state index contributed by atoms with van der Waals surface area (Å²) >= 11 is 0. The Morgan fingerprint density at radius 2 is 2.12 bits per heavy atom. The topological polar surface area (TPSA) is 0 Å². The SMILES string of the molecule is Fc1bcccc1.[LiH]. The van der Waals surface area contributed by atoms with Crippen LogP contribution in [0, 0.1) is 5.71 Å². The van der Waals surface area contributed by atoms with E-state index in [4.69, 9.17) is 0 Å².